The van der Waals surface area contributed by atoms with Gasteiger partial charge in [-0.15, -0.1) is 11.3 Å². The van der Waals surface area contributed by atoms with Crippen LogP contribution in [0.25, 0.3) is 22.7 Å². The molecule has 0 N–H and O–H groups in total. The van der Waals surface area contributed by atoms with Crippen molar-refractivity contribution in [1.29, 1.82) is 0 Å². The SMILES string of the molecule is C/C(=C/n1c2c(c3cc(C)ccc31)CN(C)CC2)c1ccc(C)s1. The number of benzene rings is 1. The van der Waals surface area contributed by atoms with E-state index >= 15 is 0 Å². The molecule has 4 rings (SSSR count). The normalized spacial score (nSPS) is 15.9. The molecule has 0 unspecified atom stereocenters. The fourth-order valence-electron chi connectivity index (χ4n) is 3.69. The Balaban J connectivity index is 1.92. The fraction of sp³-hybridized carbons (Fsp3) is 0.333. The molecule has 24 heavy (non-hydrogen) atoms. The summed E-state index contributed by atoms with van der Waals surface area (Å²) in [6, 6.07) is 11.3. The first kappa shape index (κ1) is 15.7. The Kier molecular flexibility index (Phi) is 3.86. The van der Waals surface area contributed by atoms with Crippen molar-refractivity contribution < 1.29 is 0 Å². The number of aromatic nitrogens is 1. The van der Waals surface area contributed by atoms with Crippen molar-refractivity contribution in [2.75, 3.05) is 13.6 Å². The van der Waals surface area contributed by atoms with Gasteiger partial charge in [0, 0.05) is 46.5 Å². The van der Waals surface area contributed by atoms with Crippen molar-refractivity contribution in [2.24, 2.45) is 0 Å². The Labute approximate surface area is 148 Å². The van der Waals surface area contributed by atoms with E-state index in [0.717, 1.165) is 19.5 Å². The van der Waals surface area contributed by atoms with Gasteiger partial charge in [0.1, 0.15) is 0 Å². The van der Waals surface area contributed by atoms with E-state index in [9.17, 15) is 0 Å². The maximum atomic E-state index is 2.45. The molecule has 0 bridgehead atoms. The van der Waals surface area contributed by atoms with E-state index in [4.69, 9.17) is 0 Å². The standard InChI is InChI=1S/C21H24N2S/c1-14-5-7-19-17(11-14)18-13-22(4)10-9-20(18)23(19)12-15(2)21-8-6-16(3)24-21/h5-8,11-12H,9-10,13H2,1-4H3/b15-12-. The molecule has 0 spiro atoms. The van der Waals surface area contributed by atoms with Crippen LogP contribution in [0.3, 0.4) is 0 Å². The molecule has 0 amide bonds. The molecule has 3 heterocycles. The smallest absolute Gasteiger partial charge is 0.0529 e. The van der Waals surface area contributed by atoms with E-state index in [1.807, 2.05) is 11.3 Å². The molecule has 3 aromatic rings. The summed E-state index contributed by atoms with van der Waals surface area (Å²) in [6.07, 6.45) is 3.46. The van der Waals surface area contributed by atoms with Crippen LogP contribution in [0, 0.1) is 13.8 Å². The van der Waals surface area contributed by atoms with Gasteiger partial charge >= 0.3 is 0 Å². The average molecular weight is 337 g/mol. The minimum absolute atomic E-state index is 1.05. The number of nitrogens with zero attached hydrogens (tertiary/aromatic N) is 2. The van der Waals surface area contributed by atoms with Gasteiger partial charge in [-0.3, -0.25) is 0 Å². The van der Waals surface area contributed by atoms with Gasteiger partial charge in [0.25, 0.3) is 0 Å². The van der Waals surface area contributed by atoms with Crippen LogP contribution in [0.1, 0.15) is 33.5 Å². The summed E-state index contributed by atoms with van der Waals surface area (Å²) < 4.78 is 2.45. The second-order valence-corrected chi connectivity index (χ2v) is 8.31. The van der Waals surface area contributed by atoms with E-state index in [-0.39, 0.29) is 0 Å². The lowest BCUT2D eigenvalue weighted by Gasteiger charge is -2.23. The first-order chi connectivity index (χ1) is 11.5. The summed E-state index contributed by atoms with van der Waals surface area (Å²) >= 11 is 1.87. The molecule has 0 saturated heterocycles. The molecule has 0 radical (unpaired) electrons. The van der Waals surface area contributed by atoms with E-state index < -0.39 is 0 Å². The Bertz CT molecular complexity index is 942. The second-order valence-electron chi connectivity index (χ2n) is 7.03. The summed E-state index contributed by atoms with van der Waals surface area (Å²) in [4.78, 5) is 5.16. The molecule has 1 aromatic carbocycles. The molecule has 0 fully saturated rings. The lowest BCUT2D eigenvalue weighted by atomic mass is 10.0. The van der Waals surface area contributed by atoms with Gasteiger partial charge in [-0.05, 0) is 63.2 Å². The fourth-order valence-corrected chi connectivity index (χ4v) is 4.53. The Hall–Kier alpha value is -1.84. The minimum Gasteiger partial charge on any atom is -0.320 e. The number of allylic oxidation sites excluding steroid dienone is 1. The maximum Gasteiger partial charge on any atom is 0.0529 e. The molecule has 2 nitrogen and oxygen atoms in total. The second kappa shape index (κ2) is 5.91. The quantitative estimate of drug-likeness (QED) is 0.614. The molecule has 1 aliphatic heterocycles. The first-order valence-electron chi connectivity index (χ1n) is 8.59. The summed E-state index contributed by atoms with van der Waals surface area (Å²) in [6.45, 7) is 8.77. The van der Waals surface area contributed by atoms with Crippen molar-refractivity contribution >= 4 is 34.0 Å². The van der Waals surface area contributed by atoms with Crippen LogP contribution < -0.4 is 0 Å². The third kappa shape index (κ3) is 2.62. The van der Waals surface area contributed by atoms with Crippen molar-refractivity contribution in [3.63, 3.8) is 0 Å². The average Bonchev–Trinajstić information content (AvgIpc) is 3.10. The highest BCUT2D eigenvalue weighted by molar-refractivity contribution is 7.13. The first-order valence-corrected chi connectivity index (χ1v) is 9.40. The molecule has 3 heteroatoms. The third-order valence-electron chi connectivity index (χ3n) is 4.99. The highest BCUT2D eigenvalue weighted by Gasteiger charge is 2.21. The minimum atomic E-state index is 1.05. The highest BCUT2D eigenvalue weighted by Crippen LogP contribution is 2.33. The number of hydrogen-bond acceptors (Lipinski definition) is 2. The summed E-state index contributed by atoms with van der Waals surface area (Å²) in [5.74, 6) is 0. The van der Waals surface area contributed by atoms with E-state index in [0.29, 0.717) is 0 Å². The Morgan fingerprint density at radius 1 is 1.17 bits per heavy atom. The predicted molar refractivity (Wildman–Crippen MR) is 106 cm³/mol. The van der Waals surface area contributed by atoms with Gasteiger partial charge in [0.05, 0.1) is 5.52 Å². The summed E-state index contributed by atoms with van der Waals surface area (Å²) in [5.41, 5.74) is 7.02. The molecule has 0 aliphatic carbocycles. The zero-order valence-corrected chi connectivity index (χ0v) is 15.7. The molecule has 1 aliphatic rings. The molecule has 0 saturated carbocycles. The van der Waals surface area contributed by atoms with Crippen LogP contribution in [-0.4, -0.2) is 23.1 Å². The number of thiophene rings is 1. The molecular weight excluding hydrogens is 312 g/mol. The van der Waals surface area contributed by atoms with Crippen LogP contribution in [0.2, 0.25) is 0 Å². The number of aryl methyl sites for hydroxylation is 2. The number of hydrogen-bond donors (Lipinski definition) is 0. The van der Waals surface area contributed by atoms with Crippen molar-refractivity contribution in [1.82, 2.24) is 9.47 Å². The third-order valence-corrected chi connectivity index (χ3v) is 6.12. The summed E-state index contributed by atoms with van der Waals surface area (Å²) in [7, 11) is 2.22. The van der Waals surface area contributed by atoms with Gasteiger partial charge in [0.2, 0.25) is 0 Å². The zero-order chi connectivity index (χ0) is 16.8. The highest BCUT2D eigenvalue weighted by atomic mass is 32.1. The molecule has 0 atom stereocenters. The van der Waals surface area contributed by atoms with Crippen LogP contribution in [-0.2, 0) is 13.0 Å². The lowest BCUT2D eigenvalue weighted by Crippen LogP contribution is -2.26. The lowest BCUT2D eigenvalue weighted by molar-refractivity contribution is 0.312. The molecular formula is C21H24N2S. The maximum absolute atomic E-state index is 2.45. The van der Waals surface area contributed by atoms with Crippen molar-refractivity contribution in [2.45, 2.75) is 33.7 Å². The van der Waals surface area contributed by atoms with Gasteiger partial charge < -0.3 is 9.47 Å². The predicted octanol–water partition coefficient (Wildman–Crippen LogP) is 5.33. The number of rotatable bonds is 2. The van der Waals surface area contributed by atoms with Crippen LogP contribution in [0.15, 0.2) is 30.3 Å². The van der Waals surface area contributed by atoms with Crippen LogP contribution in [0.4, 0.5) is 0 Å². The van der Waals surface area contributed by atoms with Gasteiger partial charge in [0.15, 0.2) is 0 Å². The van der Waals surface area contributed by atoms with Crippen LogP contribution in [0.5, 0.6) is 0 Å². The molecule has 2 aromatic heterocycles. The Morgan fingerprint density at radius 2 is 2.00 bits per heavy atom. The summed E-state index contributed by atoms with van der Waals surface area (Å²) in [5, 5.41) is 1.42. The van der Waals surface area contributed by atoms with Gasteiger partial charge in [-0.2, -0.15) is 0 Å². The van der Waals surface area contributed by atoms with E-state index in [1.165, 1.54) is 43.1 Å². The molecule has 124 valence electrons. The van der Waals surface area contributed by atoms with E-state index in [1.54, 1.807) is 0 Å². The van der Waals surface area contributed by atoms with Crippen molar-refractivity contribution in [3.8, 4) is 0 Å². The topological polar surface area (TPSA) is 8.17 Å². The number of fused-ring (bicyclic) bond motifs is 3. The van der Waals surface area contributed by atoms with Gasteiger partial charge in [-0.1, -0.05) is 11.6 Å². The Morgan fingerprint density at radius 3 is 2.75 bits per heavy atom. The van der Waals surface area contributed by atoms with Crippen LogP contribution >= 0.6 is 11.3 Å². The van der Waals surface area contributed by atoms with Gasteiger partial charge in [-0.25, -0.2) is 0 Å². The largest absolute Gasteiger partial charge is 0.320 e. The monoisotopic (exact) mass is 336 g/mol. The van der Waals surface area contributed by atoms with E-state index in [2.05, 4.69) is 73.8 Å². The van der Waals surface area contributed by atoms with Crippen molar-refractivity contribution in [3.05, 3.63) is 56.9 Å². The number of likely N-dealkylation sites (N-methyl/N-ethyl adjacent to an activating group) is 1. The zero-order valence-electron chi connectivity index (χ0n) is 14.9.